The first-order chi connectivity index (χ1) is 14.9. The van der Waals surface area contributed by atoms with E-state index in [4.69, 9.17) is 14.2 Å². The number of nitrogens with zero attached hydrogens (tertiary/aromatic N) is 1. The van der Waals surface area contributed by atoms with Gasteiger partial charge in [-0.3, -0.25) is 14.9 Å². The van der Waals surface area contributed by atoms with Crippen molar-refractivity contribution in [3.8, 4) is 17.2 Å². The number of carbonyl (C=O) groups excluding carboxylic acids is 1. The third kappa shape index (κ3) is 4.25. The Morgan fingerprint density at radius 3 is 2.55 bits per heavy atom. The van der Waals surface area contributed by atoms with Crippen LogP contribution >= 0.6 is 0 Å². The lowest BCUT2D eigenvalue weighted by molar-refractivity contribution is -0.384. The molecule has 0 spiro atoms. The van der Waals surface area contributed by atoms with Crippen LogP contribution in [0.25, 0.3) is 6.08 Å². The average molecular weight is 417 g/mol. The molecule has 0 saturated carbocycles. The summed E-state index contributed by atoms with van der Waals surface area (Å²) in [6.45, 7) is 2.06. The Balaban J connectivity index is 1.52. The van der Waals surface area contributed by atoms with Gasteiger partial charge in [-0.05, 0) is 60.0 Å². The van der Waals surface area contributed by atoms with Crippen LogP contribution in [0, 0.1) is 17.0 Å². The van der Waals surface area contributed by atoms with E-state index in [0.717, 1.165) is 16.7 Å². The van der Waals surface area contributed by atoms with Crippen molar-refractivity contribution in [2.45, 2.75) is 13.5 Å². The van der Waals surface area contributed by atoms with E-state index in [9.17, 15) is 14.9 Å². The fraction of sp³-hybridized carbons (Fsp3) is 0.125. The molecular formula is C24H19NO6. The second-order valence-electron chi connectivity index (χ2n) is 7.04. The lowest BCUT2D eigenvalue weighted by Crippen LogP contribution is -2.00. The minimum Gasteiger partial charge on any atom is -0.497 e. The van der Waals surface area contributed by atoms with Crippen LogP contribution in [0.15, 0.2) is 66.4 Å². The van der Waals surface area contributed by atoms with Crippen LogP contribution in [0.3, 0.4) is 0 Å². The highest BCUT2D eigenvalue weighted by Gasteiger charge is 2.30. The molecule has 4 rings (SSSR count). The number of carbonyl (C=O) groups is 1. The highest BCUT2D eigenvalue weighted by Crippen LogP contribution is 2.38. The molecule has 31 heavy (non-hydrogen) atoms. The monoisotopic (exact) mass is 417 g/mol. The number of hydrogen-bond donors (Lipinski definition) is 0. The number of fused-ring (bicyclic) bond motifs is 1. The number of Topliss-reactive ketones (excluding diaryl/α,β-unsaturated/α-hetero) is 1. The van der Waals surface area contributed by atoms with Gasteiger partial charge in [-0.2, -0.15) is 0 Å². The quantitative estimate of drug-likeness (QED) is 0.315. The number of ether oxygens (including phenoxy) is 3. The molecule has 7 nitrogen and oxygen atoms in total. The first kappa shape index (κ1) is 20.2. The van der Waals surface area contributed by atoms with Gasteiger partial charge in [0.15, 0.2) is 5.76 Å². The Kier molecular flexibility index (Phi) is 5.41. The van der Waals surface area contributed by atoms with Gasteiger partial charge >= 0.3 is 0 Å². The van der Waals surface area contributed by atoms with E-state index in [1.807, 2.05) is 31.2 Å². The van der Waals surface area contributed by atoms with Crippen molar-refractivity contribution in [3.63, 3.8) is 0 Å². The summed E-state index contributed by atoms with van der Waals surface area (Å²) in [7, 11) is 1.58. The Hall–Kier alpha value is -4.13. The van der Waals surface area contributed by atoms with Gasteiger partial charge in [0.2, 0.25) is 5.78 Å². The highest BCUT2D eigenvalue weighted by atomic mass is 16.6. The van der Waals surface area contributed by atoms with Gasteiger partial charge in [0.1, 0.15) is 23.9 Å². The smallest absolute Gasteiger partial charge is 0.269 e. The molecule has 0 saturated heterocycles. The van der Waals surface area contributed by atoms with E-state index in [1.54, 1.807) is 37.5 Å². The van der Waals surface area contributed by atoms with E-state index in [1.165, 1.54) is 12.1 Å². The molecule has 0 N–H and O–H groups in total. The molecule has 0 radical (unpaired) electrons. The van der Waals surface area contributed by atoms with E-state index < -0.39 is 4.92 Å². The van der Waals surface area contributed by atoms with Crippen molar-refractivity contribution in [1.82, 2.24) is 0 Å². The number of non-ortho nitro benzene ring substituents is 1. The summed E-state index contributed by atoms with van der Waals surface area (Å²) in [5.41, 5.74) is 2.87. The molecule has 0 aliphatic carbocycles. The second kappa shape index (κ2) is 8.31. The van der Waals surface area contributed by atoms with E-state index in [-0.39, 0.29) is 23.8 Å². The molecule has 0 fully saturated rings. The van der Waals surface area contributed by atoms with Crippen molar-refractivity contribution in [2.75, 3.05) is 7.11 Å². The van der Waals surface area contributed by atoms with Crippen molar-refractivity contribution >= 4 is 17.5 Å². The topological polar surface area (TPSA) is 87.9 Å². The Morgan fingerprint density at radius 2 is 1.84 bits per heavy atom. The number of hydrogen-bond acceptors (Lipinski definition) is 6. The SMILES string of the molecule is COc1cccc(/C=C2\Oc3cc(OCc4ccc([N+](=O)[O-])cc4)cc(C)c3C2=O)c1. The van der Waals surface area contributed by atoms with Crippen LogP contribution in [-0.4, -0.2) is 17.8 Å². The van der Waals surface area contributed by atoms with Crippen LogP contribution in [0.4, 0.5) is 5.69 Å². The van der Waals surface area contributed by atoms with Crippen LogP contribution in [0.5, 0.6) is 17.2 Å². The third-order valence-corrected chi connectivity index (χ3v) is 4.89. The number of methoxy groups -OCH3 is 1. The van der Waals surface area contributed by atoms with Crippen molar-refractivity contribution < 1.29 is 23.9 Å². The number of aryl methyl sites for hydroxylation is 1. The fourth-order valence-electron chi connectivity index (χ4n) is 3.32. The van der Waals surface area contributed by atoms with Crippen LogP contribution in [0.2, 0.25) is 0 Å². The molecule has 156 valence electrons. The van der Waals surface area contributed by atoms with E-state index in [2.05, 4.69) is 0 Å². The summed E-state index contributed by atoms with van der Waals surface area (Å²) in [6, 6.07) is 17.0. The average Bonchev–Trinajstić information content (AvgIpc) is 3.08. The summed E-state index contributed by atoms with van der Waals surface area (Å²) in [6.07, 6.45) is 1.68. The van der Waals surface area contributed by atoms with Crippen molar-refractivity contribution in [1.29, 1.82) is 0 Å². The van der Waals surface area contributed by atoms with Crippen LogP contribution < -0.4 is 14.2 Å². The second-order valence-corrected chi connectivity index (χ2v) is 7.04. The molecule has 0 aromatic heterocycles. The summed E-state index contributed by atoms with van der Waals surface area (Å²) in [4.78, 5) is 23.1. The summed E-state index contributed by atoms with van der Waals surface area (Å²) >= 11 is 0. The van der Waals surface area contributed by atoms with Gasteiger partial charge in [0.05, 0.1) is 17.6 Å². The Morgan fingerprint density at radius 1 is 1.06 bits per heavy atom. The lowest BCUT2D eigenvalue weighted by Gasteiger charge is -2.09. The summed E-state index contributed by atoms with van der Waals surface area (Å²) < 4.78 is 16.9. The Labute approximate surface area is 178 Å². The largest absolute Gasteiger partial charge is 0.497 e. The molecule has 0 unspecified atom stereocenters. The van der Waals surface area contributed by atoms with Crippen molar-refractivity contribution in [3.05, 3.63) is 98.8 Å². The zero-order chi connectivity index (χ0) is 22.0. The first-order valence-electron chi connectivity index (χ1n) is 9.53. The normalized spacial score (nSPS) is 13.6. The lowest BCUT2D eigenvalue weighted by atomic mass is 10.0. The van der Waals surface area contributed by atoms with E-state index >= 15 is 0 Å². The third-order valence-electron chi connectivity index (χ3n) is 4.89. The van der Waals surface area contributed by atoms with Gasteiger partial charge in [-0.25, -0.2) is 0 Å². The Bertz CT molecular complexity index is 1200. The van der Waals surface area contributed by atoms with E-state index in [0.29, 0.717) is 22.8 Å². The zero-order valence-electron chi connectivity index (χ0n) is 17.0. The number of benzene rings is 3. The highest BCUT2D eigenvalue weighted by molar-refractivity contribution is 6.15. The minimum atomic E-state index is -0.445. The number of allylic oxidation sites excluding steroid dienone is 1. The number of nitro groups is 1. The maximum Gasteiger partial charge on any atom is 0.269 e. The molecule has 0 amide bonds. The molecule has 7 heteroatoms. The summed E-state index contributed by atoms with van der Waals surface area (Å²) in [5, 5.41) is 10.8. The van der Waals surface area contributed by atoms with Gasteiger partial charge < -0.3 is 14.2 Å². The van der Waals surface area contributed by atoms with Gasteiger partial charge in [-0.1, -0.05) is 12.1 Å². The van der Waals surface area contributed by atoms with Crippen LogP contribution in [-0.2, 0) is 6.61 Å². The standard InChI is InChI=1S/C24H19NO6/c1-15-10-20(30-14-16-6-8-18(9-7-16)25(27)28)13-21-23(15)24(26)22(31-21)12-17-4-3-5-19(11-17)29-2/h3-13H,14H2,1-2H3/b22-12-. The molecule has 3 aromatic rings. The predicted molar refractivity (Wildman–Crippen MR) is 115 cm³/mol. The van der Waals surface area contributed by atoms with Crippen LogP contribution in [0.1, 0.15) is 27.0 Å². The molecule has 0 atom stereocenters. The fourth-order valence-corrected chi connectivity index (χ4v) is 3.32. The number of nitro benzene ring substituents is 1. The molecule has 1 heterocycles. The molecule has 1 aliphatic heterocycles. The number of ketones is 1. The predicted octanol–water partition coefficient (Wildman–Crippen LogP) is 5.11. The zero-order valence-corrected chi connectivity index (χ0v) is 17.0. The summed E-state index contributed by atoms with van der Waals surface area (Å²) in [5.74, 6) is 1.73. The molecule has 3 aromatic carbocycles. The first-order valence-corrected chi connectivity index (χ1v) is 9.53. The number of rotatable bonds is 6. The minimum absolute atomic E-state index is 0.0272. The maximum atomic E-state index is 12.8. The molecule has 1 aliphatic rings. The molecule has 0 bridgehead atoms. The van der Waals surface area contributed by atoms with Gasteiger partial charge in [-0.15, -0.1) is 0 Å². The van der Waals surface area contributed by atoms with Gasteiger partial charge in [0, 0.05) is 18.2 Å². The van der Waals surface area contributed by atoms with Gasteiger partial charge in [0.25, 0.3) is 5.69 Å². The van der Waals surface area contributed by atoms with Crippen molar-refractivity contribution in [2.24, 2.45) is 0 Å². The maximum absolute atomic E-state index is 12.8. The molecular weight excluding hydrogens is 398 g/mol.